The lowest BCUT2D eigenvalue weighted by molar-refractivity contribution is 0.323. The van der Waals surface area contributed by atoms with Gasteiger partial charge in [-0.25, -0.2) is 4.99 Å². The topological polar surface area (TPSA) is 33.6 Å². The Hall–Kier alpha value is -1.51. The lowest BCUT2D eigenvalue weighted by atomic mass is 9.99. The Labute approximate surface area is 102 Å². The van der Waals surface area contributed by atoms with Crippen molar-refractivity contribution < 1.29 is 4.74 Å². The maximum atomic E-state index is 5.45. The van der Waals surface area contributed by atoms with Gasteiger partial charge in [0.2, 0.25) is 0 Å². The van der Waals surface area contributed by atoms with E-state index in [0.29, 0.717) is 6.04 Å². The third kappa shape index (κ3) is 2.28. The lowest BCUT2D eigenvalue weighted by Crippen LogP contribution is -2.28. The summed E-state index contributed by atoms with van der Waals surface area (Å²) < 4.78 is 5.45. The lowest BCUT2D eigenvalue weighted by Gasteiger charge is -2.19. The zero-order chi connectivity index (χ0) is 11.5. The van der Waals surface area contributed by atoms with Crippen LogP contribution < -0.4 is 5.32 Å². The van der Waals surface area contributed by atoms with Gasteiger partial charge in [-0.1, -0.05) is 30.7 Å². The number of hydrogen-bond acceptors (Lipinski definition) is 3. The molecule has 1 aliphatic carbocycles. The summed E-state index contributed by atoms with van der Waals surface area (Å²) in [5.74, 6) is 0. The highest BCUT2D eigenvalue weighted by Gasteiger charge is 2.20. The molecule has 0 spiro atoms. The van der Waals surface area contributed by atoms with E-state index < -0.39 is 0 Å². The minimum Gasteiger partial charge on any atom is -0.463 e. The van der Waals surface area contributed by atoms with E-state index >= 15 is 0 Å². The van der Waals surface area contributed by atoms with Crippen molar-refractivity contribution in [2.45, 2.75) is 31.7 Å². The van der Waals surface area contributed by atoms with Crippen LogP contribution in [0, 0.1) is 0 Å². The number of nitrogens with zero attached hydrogens (tertiary/aromatic N) is 1. The minimum absolute atomic E-state index is 0.366. The molecule has 0 aromatic heterocycles. The first-order valence-electron chi connectivity index (χ1n) is 6.45. The number of ether oxygens (including phenoxy) is 1. The Balaban J connectivity index is 1.83. The van der Waals surface area contributed by atoms with Gasteiger partial charge >= 0.3 is 0 Å². The summed E-state index contributed by atoms with van der Waals surface area (Å²) in [4.78, 5) is 4.32. The highest BCUT2D eigenvalue weighted by molar-refractivity contribution is 5.75. The molecule has 3 nitrogen and oxygen atoms in total. The van der Waals surface area contributed by atoms with Crippen molar-refractivity contribution in [3.05, 3.63) is 35.4 Å². The van der Waals surface area contributed by atoms with E-state index in [9.17, 15) is 0 Å². The summed E-state index contributed by atoms with van der Waals surface area (Å²) >= 11 is 0. The molecular weight excluding hydrogens is 212 g/mol. The molecule has 1 N–H and O–H groups in total. The average Bonchev–Trinajstić information content (AvgIpc) is 2.78. The van der Waals surface area contributed by atoms with Crippen molar-refractivity contribution in [2.24, 2.45) is 4.99 Å². The van der Waals surface area contributed by atoms with Crippen LogP contribution in [0.2, 0.25) is 0 Å². The molecule has 17 heavy (non-hydrogen) atoms. The van der Waals surface area contributed by atoms with Gasteiger partial charge < -0.3 is 10.1 Å². The molecule has 1 aromatic carbocycles. The Bertz CT molecular complexity index is 428. The number of rotatable bonds is 1. The molecule has 0 saturated carbocycles. The van der Waals surface area contributed by atoms with Crippen molar-refractivity contribution in [1.29, 1.82) is 0 Å². The van der Waals surface area contributed by atoms with Gasteiger partial charge in [-0.15, -0.1) is 0 Å². The van der Waals surface area contributed by atoms with Crippen LogP contribution >= 0.6 is 0 Å². The van der Waals surface area contributed by atoms with Gasteiger partial charge in [0, 0.05) is 0 Å². The second-order valence-corrected chi connectivity index (χ2v) is 4.68. The zero-order valence-corrected chi connectivity index (χ0v) is 9.98. The van der Waals surface area contributed by atoms with Crippen LogP contribution in [0.4, 0.5) is 0 Å². The smallest absolute Gasteiger partial charge is 0.285 e. The van der Waals surface area contributed by atoms with Gasteiger partial charge in [-0.05, 0) is 30.4 Å². The summed E-state index contributed by atoms with van der Waals surface area (Å²) in [5.41, 5.74) is 2.89. The molecule has 0 fully saturated rings. The number of amidine groups is 1. The van der Waals surface area contributed by atoms with Gasteiger partial charge in [0.15, 0.2) is 0 Å². The van der Waals surface area contributed by atoms with Crippen molar-refractivity contribution in [1.82, 2.24) is 5.32 Å². The average molecular weight is 230 g/mol. The fourth-order valence-corrected chi connectivity index (χ4v) is 2.64. The van der Waals surface area contributed by atoms with Gasteiger partial charge in [0.1, 0.15) is 6.61 Å². The molecular formula is C14H18N2O. The summed E-state index contributed by atoms with van der Waals surface area (Å²) in [6, 6.07) is 9.82. The summed E-state index contributed by atoms with van der Waals surface area (Å²) in [7, 11) is 0. The third-order valence-corrected chi connectivity index (χ3v) is 3.50. The molecule has 3 rings (SSSR count). The first-order chi connectivity index (χ1) is 8.43. The van der Waals surface area contributed by atoms with Gasteiger partial charge in [0.25, 0.3) is 6.02 Å². The van der Waals surface area contributed by atoms with Gasteiger partial charge in [0.05, 0.1) is 12.6 Å². The predicted molar refractivity (Wildman–Crippen MR) is 68.1 cm³/mol. The number of aliphatic imine (C=N–C) groups is 1. The Morgan fingerprint density at radius 1 is 1.24 bits per heavy atom. The minimum atomic E-state index is 0.366. The molecule has 1 aliphatic heterocycles. The quantitative estimate of drug-likeness (QED) is 0.752. The fourth-order valence-electron chi connectivity index (χ4n) is 2.64. The molecule has 0 bridgehead atoms. The highest BCUT2D eigenvalue weighted by atomic mass is 16.5. The highest BCUT2D eigenvalue weighted by Crippen LogP contribution is 2.28. The normalized spacial score (nSPS) is 23.3. The molecule has 1 heterocycles. The second kappa shape index (κ2) is 4.78. The molecule has 1 atom stereocenters. The molecule has 3 heteroatoms. The van der Waals surface area contributed by atoms with Gasteiger partial charge in [-0.3, -0.25) is 0 Å². The van der Waals surface area contributed by atoms with E-state index in [4.69, 9.17) is 4.74 Å². The van der Waals surface area contributed by atoms with Crippen LogP contribution in [0.1, 0.15) is 36.4 Å². The van der Waals surface area contributed by atoms with Gasteiger partial charge in [-0.2, -0.15) is 0 Å². The molecule has 1 aromatic rings. The Morgan fingerprint density at radius 2 is 2.18 bits per heavy atom. The Kier molecular flexibility index (Phi) is 2.99. The van der Waals surface area contributed by atoms with E-state index in [1.54, 1.807) is 0 Å². The first-order valence-corrected chi connectivity index (χ1v) is 6.45. The largest absolute Gasteiger partial charge is 0.463 e. The molecule has 0 radical (unpaired) electrons. The molecule has 0 amide bonds. The van der Waals surface area contributed by atoms with Crippen molar-refractivity contribution in [3.63, 3.8) is 0 Å². The Morgan fingerprint density at radius 3 is 3.06 bits per heavy atom. The van der Waals surface area contributed by atoms with Crippen molar-refractivity contribution in [2.75, 3.05) is 13.2 Å². The number of nitrogens with one attached hydrogen (secondary N) is 1. The van der Waals surface area contributed by atoms with Crippen LogP contribution in [-0.4, -0.2) is 19.2 Å². The van der Waals surface area contributed by atoms with Crippen LogP contribution in [0.3, 0.4) is 0 Å². The number of aryl methyl sites for hydroxylation is 1. The van der Waals surface area contributed by atoms with Crippen molar-refractivity contribution >= 4 is 6.02 Å². The monoisotopic (exact) mass is 230 g/mol. The number of hydrogen-bond donors (Lipinski definition) is 1. The SMILES string of the molecule is c1ccc2c(c1)CCCCC2NC1=NCCO1. The van der Waals surface area contributed by atoms with Crippen LogP contribution in [-0.2, 0) is 11.2 Å². The van der Waals surface area contributed by atoms with E-state index in [1.165, 1.54) is 36.8 Å². The van der Waals surface area contributed by atoms with Crippen LogP contribution in [0.5, 0.6) is 0 Å². The standard InChI is InChI=1S/C14H18N2O/c1-3-7-12-11(5-1)6-2-4-8-13(12)16-14-15-9-10-17-14/h1,3,5,7,13H,2,4,6,8-10H2,(H,15,16). The zero-order valence-electron chi connectivity index (χ0n) is 9.98. The predicted octanol–water partition coefficient (Wildman–Crippen LogP) is 2.43. The van der Waals surface area contributed by atoms with Crippen LogP contribution in [0.15, 0.2) is 29.3 Å². The van der Waals surface area contributed by atoms with Crippen molar-refractivity contribution in [3.8, 4) is 0 Å². The van der Waals surface area contributed by atoms with E-state index in [2.05, 4.69) is 34.6 Å². The maximum absolute atomic E-state index is 5.45. The van der Waals surface area contributed by atoms with E-state index in [1.807, 2.05) is 0 Å². The second-order valence-electron chi connectivity index (χ2n) is 4.68. The summed E-state index contributed by atoms with van der Waals surface area (Å²) in [5, 5.41) is 3.44. The molecule has 90 valence electrons. The summed E-state index contributed by atoms with van der Waals surface area (Å²) in [6.45, 7) is 1.51. The number of benzene rings is 1. The maximum Gasteiger partial charge on any atom is 0.285 e. The molecule has 1 unspecified atom stereocenters. The summed E-state index contributed by atoms with van der Waals surface area (Å²) in [6.07, 6.45) is 4.91. The molecule has 2 aliphatic rings. The third-order valence-electron chi connectivity index (χ3n) is 3.50. The molecule has 0 saturated heterocycles. The van der Waals surface area contributed by atoms with Crippen LogP contribution in [0.25, 0.3) is 0 Å². The van der Waals surface area contributed by atoms with E-state index in [-0.39, 0.29) is 0 Å². The fraction of sp³-hybridized carbons (Fsp3) is 0.500. The first kappa shape index (κ1) is 10.6. The number of fused-ring (bicyclic) bond motifs is 1. The van der Waals surface area contributed by atoms with E-state index in [0.717, 1.165) is 19.2 Å².